The van der Waals surface area contributed by atoms with Crippen molar-refractivity contribution in [3.05, 3.63) is 78.3 Å². The first-order valence-corrected chi connectivity index (χ1v) is 9.46. The molecule has 5 heteroatoms. The van der Waals surface area contributed by atoms with E-state index in [1.54, 1.807) is 6.20 Å². The summed E-state index contributed by atoms with van der Waals surface area (Å²) in [6.07, 6.45) is 8.21. The second-order valence-electron chi connectivity index (χ2n) is 7.39. The standard InChI is InChI=1S/C23H21BN3O/c1-16-15-26(2)21(14-20(16)17-8-5-4-6-9-17)24-22-18(11-13-27(24)3)19-10-7-12-25-23(19)28-22/h4-15H,1-3H3/q+1. The van der Waals surface area contributed by atoms with Crippen molar-refractivity contribution >= 4 is 35.3 Å². The van der Waals surface area contributed by atoms with E-state index in [4.69, 9.17) is 4.42 Å². The molecule has 136 valence electrons. The zero-order valence-corrected chi connectivity index (χ0v) is 16.3. The van der Waals surface area contributed by atoms with Crippen molar-refractivity contribution in [3.63, 3.8) is 0 Å². The van der Waals surface area contributed by atoms with Crippen LogP contribution in [0.5, 0.6) is 0 Å². The van der Waals surface area contributed by atoms with Gasteiger partial charge in [-0.1, -0.05) is 30.3 Å². The van der Waals surface area contributed by atoms with Crippen LogP contribution < -0.4 is 15.8 Å². The lowest BCUT2D eigenvalue weighted by molar-refractivity contribution is -0.654. The van der Waals surface area contributed by atoms with E-state index in [2.05, 4.69) is 96.3 Å². The molecule has 1 aliphatic rings. The molecule has 1 aliphatic heterocycles. The number of benzene rings is 1. The maximum Gasteiger partial charge on any atom is 0.443 e. The number of fused-ring (bicyclic) bond motifs is 3. The number of hydrogen-bond donors (Lipinski definition) is 0. The lowest BCUT2D eigenvalue weighted by Crippen LogP contribution is -2.65. The molecule has 0 atom stereocenters. The van der Waals surface area contributed by atoms with Gasteiger partial charge in [-0.05, 0) is 49.5 Å². The number of aromatic nitrogens is 2. The van der Waals surface area contributed by atoms with E-state index in [0.717, 1.165) is 16.6 Å². The van der Waals surface area contributed by atoms with Crippen LogP contribution in [0.4, 0.5) is 0 Å². The normalized spacial score (nSPS) is 13.2. The first-order chi connectivity index (χ1) is 13.6. The Morgan fingerprint density at radius 3 is 2.75 bits per heavy atom. The maximum absolute atomic E-state index is 6.24. The van der Waals surface area contributed by atoms with Gasteiger partial charge in [-0.25, -0.2) is 9.55 Å². The van der Waals surface area contributed by atoms with Crippen LogP contribution >= 0.6 is 0 Å². The Bertz CT molecular complexity index is 1210. The maximum atomic E-state index is 6.24. The van der Waals surface area contributed by atoms with Crippen molar-refractivity contribution in [2.45, 2.75) is 6.92 Å². The lowest BCUT2D eigenvalue weighted by Gasteiger charge is -2.24. The monoisotopic (exact) mass is 366 g/mol. The van der Waals surface area contributed by atoms with Crippen LogP contribution in [-0.4, -0.2) is 23.7 Å². The number of pyridine rings is 2. The zero-order chi connectivity index (χ0) is 19.3. The van der Waals surface area contributed by atoms with Gasteiger partial charge < -0.3 is 9.23 Å². The molecule has 1 aromatic carbocycles. The highest BCUT2D eigenvalue weighted by Crippen LogP contribution is 2.24. The van der Waals surface area contributed by atoms with Gasteiger partial charge in [0.1, 0.15) is 12.7 Å². The average molecular weight is 366 g/mol. The van der Waals surface area contributed by atoms with Gasteiger partial charge in [0.15, 0.2) is 11.8 Å². The summed E-state index contributed by atoms with van der Waals surface area (Å²) in [4.78, 5) is 6.61. The van der Waals surface area contributed by atoms with Crippen molar-refractivity contribution in [2.75, 3.05) is 7.05 Å². The SMILES string of the molecule is Cc1c[n+](C)c(B2c3oc4ncccc4c3C=CN2C)cc1-c1ccccc1. The minimum absolute atomic E-state index is 0.0118. The Morgan fingerprint density at radius 2 is 1.93 bits per heavy atom. The third-order valence-corrected chi connectivity index (χ3v) is 5.54. The molecule has 4 aromatic rings. The molecule has 0 radical (unpaired) electrons. The highest BCUT2D eigenvalue weighted by atomic mass is 16.3. The fourth-order valence-corrected chi connectivity index (χ4v) is 4.15. The van der Waals surface area contributed by atoms with Gasteiger partial charge in [-0.3, -0.25) is 0 Å². The molecule has 4 nitrogen and oxygen atoms in total. The molecule has 0 amide bonds. The van der Waals surface area contributed by atoms with Crippen LogP contribution in [0.15, 0.2) is 71.5 Å². The Balaban J connectivity index is 1.72. The highest BCUT2D eigenvalue weighted by Gasteiger charge is 2.40. The molecule has 0 saturated carbocycles. The predicted octanol–water partition coefficient (Wildman–Crippen LogP) is 2.65. The van der Waals surface area contributed by atoms with E-state index in [-0.39, 0.29) is 6.85 Å². The Labute approximate surface area is 164 Å². The first-order valence-electron chi connectivity index (χ1n) is 9.46. The van der Waals surface area contributed by atoms with E-state index in [1.807, 2.05) is 6.07 Å². The molecule has 0 unspecified atom stereocenters. The molecular weight excluding hydrogens is 345 g/mol. The minimum atomic E-state index is -0.0118. The Hall–Kier alpha value is -3.34. The Kier molecular flexibility index (Phi) is 3.83. The molecule has 0 spiro atoms. The Morgan fingerprint density at radius 1 is 1.11 bits per heavy atom. The average Bonchev–Trinajstić information content (AvgIpc) is 3.08. The molecular formula is C23H21BN3O+. The molecule has 0 N–H and O–H groups in total. The number of rotatable bonds is 2. The fourth-order valence-electron chi connectivity index (χ4n) is 4.15. The van der Waals surface area contributed by atoms with E-state index in [1.165, 1.54) is 22.3 Å². The summed E-state index contributed by atoms with van der Waals surface area (Å²) in [5.74, 6) is 0. The summed E-state index contributed by atoms with van der Waals surface area (Å²) < 4.78 is 8.44. The number of nitrogens with zero attached hydrogens (tertiary/aromatic N) is 3. The van der Waals surface area contributed by atoms with Gasteiger partial charge in [0.2, 0.25) is 5.71 Å². The van der Waals surface area contributed by atoms with E-state index >= 15 is 0 Å². The van der Waals surface area contributed by atoms with Crippen molar-refractivity contribution in [3.8, 4) is 11.1 Å². The predicted molar refractivity (Wildman–Crippen MR) is 114 cm³/mol. The smallest absolute Gasteiger partial charge is 0.443 e. The number of hydrogen-bond acceptors (Lipinski definition) is 3. The van der Waals surface area contributed by atoms with Crippen molar-refractivity contribution in [2.24, 2.45) is 7.05 Å². The minimum Gasteiger partial charge on any atom is -0.449 e. The molecule has 0 fully saturated rings. The van der Waals surface area contributed by atoms with Crippen LogP contribution in [0.25, 0.3) is 28.3 Å². The van der Waals surface area contributed by atoms with E-state index in [0.29, 0.717) is 5.71 Å². The van der Waals surface area contributed by atoms with Gasteiger partial charge in [0.05, 0.1) is 0 Å². The lowest BCUT2D eigenvalue weighted by atomic mass is 9.52. The molecule has 4 heterocycles. The molecule has 0 saturated heterocycles. The van der Waals surface area contributed by atoms with Gasteiger partial charge in [0, 0.05) is 28.8 Å². The van der Waals surface area contributed by atoms with Gasteiger partial charge in [-0.15, -0.1) is 0 Å². The highest BCUT2D eigenvalue weighted by molar-refractivity contribution is 6.82. The van der Waals surface area contributed by atoms with Gasteiger partial charge in [0.25, 0.3) is 0 Å². The second kappa shape index (κ2) is 6.38. The van der Waals surface area contributed by atoms with Crippen molar-refractivity contribution in [1.82, 2.24) is 9.79 Å². The van der Waals surface area contributed by atoms with Crippen LogP contribution in [0.3, 0.4) is 0 Å². The third-order valence-electron chi connectivity index (χ3n) is 5.54. The zero-order valence-electron chi connectivity index (χ0n) is 16.3. The van der Waals surface area contributed by atoms with Crippen molar-refractivity contribution in [1.29, 1.82) is 0 Å². The fraction of sp³-hybridized carbons (Fsp3) is 0.130. The number of furan rings is 1. The van der Waals surface area contributed by atoms with Gasteiger partial charge in [-0.2, -0.15) is 0 Å². The van der Waals surface area contributed by atoms with Crippen LogP contribution in [-0.2, 0) is 7.05 Å². The summed E-state index contributed by atoms with van der Waals surface area (Å²) in [6.45, 7) is 2.15. The van der Waals surface area contributed by atoms with E-state index in [9.17, 15) is 0 Å². The quantitative estimate of drug-likeness (QED) is 0.404. The summed E-state index contributed by atoms with van der Waals surface area (Å²) in [7, 11) is 4.19. The third kappa shape index (κ3) is 2.54. The summed E-state index contributed by atoms with van der Waals surface area (Å²) in [5.41, 5.74) is 7.64. The first kappa shape index (κ1) is 16.8. The van der Waals surface area contributed by atoms with Crippen LogP contribution in [0.1, 0.15) is 11.1 Å². The van der Waals surface area contributed by atoms with Gasteiger partial charge >= 0.3 is 6.85 Å². The van der Waals surface area contributed by atoms with E-state index < -0.39 is 0 Å². The van der Waals surface area contributed by atoms with Crippen molar-refractivity contribution < 1.29 is 8.98 Å². The topological polar surface area (TPSA) is 33.1 Å². The summed E-state index contributed by atoms with van der Waals surface area (Å²) >= 11 is 0. The molecule has 3 aromatic heterocycles. The van der Waals surface area contributed by atoms with Crippen LogP contribution in [0.2, 0.25) is 0 Å². The largest absolute Gasteiger partial charge is 0.449 e. The molecule has 5 rings (SSSR count). The number of aryl methyl sites for hydroxylation is 2. The summed E-state index contributed by atoms with van der Waals surface area (Å²) in [6, 6.07) is 16.9. The second-order valence-corrected chi connectivity index (χ2v) is 7.39. The molecule has 0 bridgehead atoms. The van der Waals surface area contributed by atoms with Crippen LogP contribution in [0, 0.1) is 6.92 Å². The molecule has 0 aliphatic carbocycles. The summed E-state index contributed by atoms with van der Waals surface area (Å²) in [5, 5.41) is 1.06. The molecule has 28 heavy (non-hydrogen) atoms.